The minimum atomic E-state index is 0.117. The smallest absolute Gasteiger partial charge is 0.199 e. The molecule has 2 aromatic heterocycles. The first-order valence-electron chi connectivity index (χ1n) is 5.69. The number of aromatic nitrogens is 5. The molecule has 0 aliphatic carbocycles. The van der Waals surface area contributed by atoms with Crippen LogP contribution in [0, 0.1) is 5.92 Å². The Morgan fingerprint density at radius 1 is 1.56 bits per heavy atom. The molecule has 1 unspecified atom stereocenters. The Bertz CT molecular complexity index is 552. The van der Waals surface area contributed by atoms with Gasteiger partial charge in [-0.15, -0.1) is 5.10 Å². The lowest BCUT2D eigenvalue weighted by Crippen LogP contribution is -2.35. The molecule has 0 amide bonds. The summed E-state index contributed by atoms with van der Waals surface area (Å²) in [5.41, 5.74) is 6.27. The Morgan fingerprint density at radius 2 is 2.33 bits per heavy atom. The highest BCUT2D eigenvalue weighted by molar-refractivity contribution is 7.80. The van der Waals surface area contributed by atoms with E-state index in [4.69, 9.17) is 18.0 Å². The summed E-state index contributed by atoms with van der Waals surface area (Å²) in [5.74, 6) is 0.954. The highest BCUT2D eigenvalue weighted by Gasteiger charge is 2.15. The molecule has 0 saturated carbocycles. The first kappa shape index (κ1) is 12.6. The maximum Gasteiger partial charge on any atom is 0.199 e. The molecule has 7 nitrogen and oxygen atoms in total. The van der Waals surface area contributed by atoms with Gasteiger partial charge in [-0.05, 0) is 17.4 Å². The number of fused-ring (bicyclic) bond motifs is 1. The average molecular weight is 265 g/mol. The molecule has 0 fully saturated rings. The quantitative estimate of drug-likeness (QED) is 0.776. The maximum atomic E-state index is 5.65. The summed E-state index contributed by atoms with van der Waals surface area (Å²) in [6, 6.07) is 0. The molecule has 0 aliphatic heterocycles. The number of anilines is 1. The zero-order chi connectivity index (χ0) is 13.1. The van der Waals surface area contributed by atoms with Crippen molar-refractivity contribution in [1.82, 2.24) is 25.0 Å². The number of tetrazole rings is 1. The summed E-state index contributed by atoms with van der Waals surface area (Å²) in [5, 5.41) is 11.5. The molecule has 2 N–H and O–H groups in total. The Kier molecular flexibility index (Phi) is 3.66. The van der Waals surface area contributed by atoms with Gasteiger partial charge in [-0.1, -0.05) is 19.1 Å². The molecule has 0 radical (unpaired) electrons. The number of rotatable bonds is 5. The predicted molar refractivity (Wildman–Crippen MR) is 72.4 cm³/mol. The van der Waals surface area contributed by atoms with Gasteiger partial charge in [0.1, 0.15) is 0 Å². The van der Waals surface area contributed by atoms with Gasteiger partial charge in [0.15, 0.2) is 11.5 Å². The SMILES string of the molecule is CCN(CC(C)C(N)=S)c1cncc2nnnn12. The van der Waals surface area contributed by atoms with Crippen molar-refractivity contribution in [2.75, 3.05) is 18.0 Å². The van der Waals surface area contributed by atoms with Crippen LogP contribution in [0.15, 0.2) is 12.4 Å². The largest absolute Gasteiger partial charge is 0.393 e. The van der Waals surface area contributed by atoms with Crippen LogP contribution in [-0.2, 0) is 0 Å². The van der Waals surface area contributed by atoms with Gasteiger partial charge in [0, 0.05) is 19.0 Å². The van der Waals surface area contributed by atoms with E-state index >= 15 is 0 Å². The van der Waals surface area contributed by atoms with E-state index in [0.717, 1.165) is 12.4 Å². The highest BCUT2D eigenvalue weighted by atomic mass is 32.1. The Morgan fingerprint density at radius 3 is 3.00 bits per heavy atom. The van der Waals surface area contributed by atoms with E-state index in [1.165, 1.54) is 0 Å². The molecule has 18 heavy (non-hydrogen) atoms. The fourth-order valence-electron chi connectivity index (χ4n) is 1.68. The second kappa shape index (κ2) is 5.21. The third-order valence-corrected chi connectivity index (χ3v) is 3.18. The molecule has 0 bridgehead atoms. The van der Waals surface area contributed by atoms with Gasteiger partial charge < -0.3 is 10.6 Å². The Balaban J connectivity index is 2.32. The topological polar surface area (TPSA) is 85.2 Å². The van der Waals surface area contributed by atoms with Crippen LogP contribution in [0.4, 0.5) is 5.82 Å². The first-order chi connectivity index (χ1) is 8.63. The van der Waals surface area contributed by atoms with Gasteiger partial charge in [0.05, 0.1) is 17.4 Å². The summed E-state index contributed by atoms with van der Waals surface area (Å²) in [6.07, 6.45) is 3.35. The maximum absolute atomic E-state index is 5.65. The van der Waals surface area contributed by atoms with E-state index in [0.29, 0.717) is 17.2 Å². The lowest BCUT2D eigenvalue weighted by Gasteiger charge is -2.25. The number of nitrogens with zero attached hydrogens (tertiary/aromatic N) is 6. The van der Waals surface area contributed by atoms with Gasteiger partial charge >= 0.3 is 0 Å². The van der Waals surface area contributed by atoms with E-state index in [1.54, 1.807) is 16.9 Å². The summed E-state index contributed by atoms with van der Waals surface area (Å²) < 4.78 is 1.66. The van der Waals surface area contributed by atoms with E-state index in [2.05, 4.69) is 32.3 Å². The van der Waals surface area contributed by atoms with Crippen molar-refractivity contribution in [3.63, 3.8) is 0 Å². The van der Waals surface area contributed by atoms with Crippen LogP contribution in [0.3, 0.4) is 0 Å². The molecule has 2 rings (SSSR count). The lowest BCUT2D eigenvalue weighted by molar-refractivity contribution is 0.680. The van der Waals surface area contributed by atoms with Crippen molar-refractivity contribution in [2.24, 2.45) is 11.7 Å². The van der Waals surface area contributed by atoms with Gasteiger partial charge in [-0.3, -0.25) is 4.98 Å². The summed E-state index contributed by atoms with van der Waals surface area (Å²) in [6.45, 7) is 5.56. The Labute approximate surface area is 110 Å². The molecule has 2 heterocycles. The molecule has 0 spiro atoms. The summed E-state index contributed by atoms with van der Waals surface area (Å²) in [7, 11) is 0. The van der Waals surface area contributed by atoms with Gasteiger partial charge in [0.25, 0.3) is 0 Å². The molecule has 0 aromatic carbocycles. The van der Waals surface area contributed by atoms with Gasteiger partial charge in [-0.25, -0.2) is 0 Å². The average Bonchev–Trinajstić information content (AvgIpc) is 2.83. The Hall–Kier alpha value is -1.83. The van der Waals surface area contributed by atoms with E-state index < -0.39 is 0 Å². The highest BCUT2D eigenvalue weighted by Crippen LogP contribution is 2.14. The molecule has 96 valence electrons. The summed E-state index contributed by atoms with van der Waals surface area (Å²) in [4.78, 5) is 6.74. The molecule has 8 heteroatoms. The fraction of sp³-hybridized carbons (Fsp3) is 0.500. The van der Waals surface area contributed by atoms with Crippen molar-refractivity contribution >= 4 is 28.7 Å². The zero-order valence-electron chi connectivity index (χ0n) is 10.3. The molecule has 1 atom stereocenters. The van der Waals surface area contributed by atoms with Crippen LogP contribution in [-0.4, -0.2) is 43.1 Å². The van der Waals surface area contributed by atoms with E-state index in [1.807, 2.05) is 6.92 Å². The lowest BCUT2D eigenvalue weighted by atomic mass is 10.1. The molecule has 0 aliphatic rings. The van der Waals surface area contributed by atoms with Gasteiger partial charge in [-0.2, -0.15) is 4.52 Å². The molecule has 2 aromatic rings. The number of nitrogens with two attached hydrogens (primary N) is 1. The number of hydrogen-bond acceptors (Lipinski definition) is 6. The minimum Gasteiger partial charge on any atom is -0.393 e. The monoisotopic (exact) mass is 265 g/mol. The fourth-order valence-corrected chi connectivity index (χ4v) is 1.76. The van der Waals surface area contributed by atoms with Crippen LogP contribution < -0.4 is 10.6 Å². The van der Waals surface area contributed by atoms with Crippen molar-refractivity contribution in [2.45, 2.75) is 13.8 Å². The zero-order valence-corrected chi connectivity index (χ0v) is 11.1. The molecular formula is C10H15N7S. The van der Waals surface area contributed by atoms with E-state index in [-0.39, 0.29) is 5.92 Å². The van der Waals surface area contributed by atoms with Crippen molar-refractivity contribution in [3.8, 4) is 0 Å². The van der Waals surface area contributed by atoms with Crippen molar-refractivity contribution in [3.05, 3.63) is 12.4 Å². The van der Waals surface area contributed by atoms with Crippen molar-refractivity contribution in [1.29, 1.82) is 0 Å². The van der Waals surface area contributed by atoms with Crippen LogP contribution in [0.1, 0.15) is 13.8 Å². The summed E-state index contributed by atoms with van der Waals surface area (Å²) >= 11 is 5.00. The normalized spacial score (nSPS) is 12.6. The van der Waals surface area contributed by atoms with E-state index in [9.17, 15) is 0 Å². The predicted octanol–water partition coefficient (Wildman–Crippen LogP) is 0.268. The number of thiocarbonyl (C=S) groups is 1. The standard InChI is InChI=1S/C10H15N7S/c1-3-16(6-7(2)10(11)18)9-5-12-4-8-13-14-15-17(8)9/h4-5,7H,3,6H2,1-2H3,(H2,11,18). The minimum absolute atomic E-state index is 0.117. The third kappa shape index (κ3) is 2.37. The second-order valence-corrected chi connectivity index (χ2v) is 4.53. The molecule has 0 saturated heterocycles. The van der Waals surface area contributed by atoms with Crippen LogP contribution >= 0.6 is 12.2 Å². The second-order valence-electron chi connectivity index (χ2n) is 4.06. The first-order valence-corrected chi connectivity index (χ1v) is 6.10. The van der Waals surface area contributed by atoms with Crippen LogP contribution in [0.5, 0.6) is 0 Å². The van der Waals surface area contributed by atoms with Crippen LogP contribution in [0.25, 0.3) is 5.65 Å². The third-order valence-electron chi connectivity index (χ3n) is 2.78. The molecular weight excluding hydrogens is 250 g/mol. The number of hydrogen-bond donors (Lipinski definition) is 1. The van der Waals surface area contributed by atoms with Crippen molar-refractivity contribution < 1.29 is 0 Å². The van der Waals surface area contributed by atoms with Crippen LogP contribution in [0.2, 0.25) is 0 Å². The van der Waals surface area contributed by atoms with Gasteiger partial charge in [0.2, 0.25) is 0 Å².